The Balaban J connectivity index is 2.12. The predicted octanol–water partition coefficient (Wildman–Crippen LogP) is -0.0874. The van der Waals surface area contributed by atoms with Crippen molar-refractivity contribution in [2.75, 3.05) is 45.7 Å². The van der Waals surface area contributed by atoms with Crippen molar-refractivity contribution in [3.8, 4) is 0 Å². The summed E-state index contributed by atoms with van der Waals surface area (Å²) in [6.07, 6.45) is 0. The molecule has 1 atom stereocenters. The first-order valence-corrected chi connectivity index (χ1v) is 7.04. The number of hydrogen-bond acceptors (Lipinski definition) is 4. The van der Waals surface area contributed by atoms with E-state index in [0.29, 0.717) is 25.2 Å². The molecule has 0 radical (unpaired) electrons. The summed E-state index contributed by atoms with van der Waals surface area (Å²) in [7, 11) is 5.48. The maximum absolute atomic E-state index is 12.6. The van der Waals surface area contributed by atoms with Crippen LogP contribution in [0.2, 0.25) is 0 Å². The molecule has 1 aromatic rings. The third-order valence-electron chi connectivity index (χ3n) is 3.64. The molecule has 0 aliphatic carbocycles. The molecule has 1 heterocycles. The normalized spacial score (nSPS) is 18.2. The zero-order chi connectivity index (χ0) is 15.4. The van der Waals surface area contributed by atoms with Gasteiger partial charge in [0.1, 0.15) is 6.04 Å². The molecule has 0 saturated carbocycles. The van der Waals surface area contributed by atoms with Gasteiger partial charge in [0.15, 0.2) is 0 Å². The zero-order valence-electron chi connectivity index (χ0n) is 12.7. The van der Waals surface area contributed by atoms with Crippen molar-refractivity contribution < 1.29 is 9.59 Å². The highest BCUT2D eigenvalue weighted by Crippen LogP contribution is 2.16. The number of anilines is 1. The van der Waals surface area contributed by atoms with E-state index in [2.05, 4.69) is 10.6 Å². The van der Waals surface area contributed by atoms with Gasteiger partial charge in [-0.3, -0.25) is 9.59 Å². The fourth-order valence-electron chi connectivity index (χ4n) is 2.38. The standard InChI is InChI=1S/C15H22N4O2/c1-16-14(20)13-10-19(8-7-17-13)15(21)11-5-4-6-12(9-11)18(2)3/h4-6,9,13,17H,7-8,10H2,1-3H3,(H,16,20)/t13-/m1/s1. The van der Waals surface area contributed by atoms with Gasteiger partial charge in [-0.15, -0.1) is 0 Å². The van der Waals surface area contributed by atoms with Crippen molar-refractivity contribution in [1.29, 1.82) is 0 Å². The van der Waals surface area contributed by atoms with E-state index in [-0.39, 0.29) is 17.9 Å². The second-order valence-electron chi connectivity index (χ2n) is 5.32. The molecule has 0 unspecified atom stereocenters. The first-order chi connectivity index (χ1) is 10.0. The van der Waals surface area contributed by atoms with Crippen LogP contribution < -0.4 is 15.5 Å². The van der Waals surface area contributed by atoms with Gasteiger partial charge in [-0.2, -0.15) is 0 Å². The van der Waals surface area contributed by atoms with Gasteiger partial charge in [-0.25, -0.2) is 0 Å². The number of benzene rings is 1. The van der Waals surface area contributed by atoms with Crippen molar-refractivity contribution in [3.63, 3.8) is 0 Å². The van der Waals surface area contributed by atoms with E-state index in [1.807, 2.05) is 43.3 Å². The Labute approximate surface area is 125 Å². The summed E-state index contributed by atoms with van der Waals surface area (Å²) in [6, 6.07) is 7.18. The average molecular weight is 290 g/mol. The van der Waals surface area contributed by atoms with Crippen molar-refractivity contribution in [1.82, 2.24) is 15.5 Å². The molecule has 0 spiro atoms. The van der Waals surface area contributed by atoms with E-state index >= 15 is 0 Å². The minimum Gasteiger partial charge on any atom is -0.378 e. The lowest BCUT2D eigenvalue weighted by Gasteiger charge is -2.33. The van der Waals surface area contributed by atoms with E-state index in [0.717, 1.165) is 5.69 Å². The molecule has 21 heavy (non-hydrogen) atoms. The van der Waals surface area contributed by atoms with Gasteiger partial charge in [0, 0.05) is 52.0 Å². The monoisotopic (exact) mass is 290 g/mol. The van der Waals surface area contributed by atoms with Crippen molar-refractivity contribution >= 4 is 17.5 Å². The molecule has 0 aromatic heterocycles. The minimum absolute atomic E-state index is 0.0332. The van der Waals surface area contributed by atoms with Gasteiger partial charge in [0.25, 0.3) is 5.91 Å². The molecular formula is C15H22N4O2. The molecule has 0 bridgehead atoms. The maximum Gasteiger partial charge on any atom is 0.254 e. The number of nitrogens with one attached hydrogen (secondary N) is 2. The molecule has 2 amide bonds. The molecular weight excluding hydrogens is 268 g/mol. The second kappa shape index (κ2) is 6.58. The smallest absolute Gasteiger partial charge is 0.254 e. The fourth-order valence-corrected chi connectivity index (χ4v) is 2.38. The number of carbonyl (C=O) groups is 2. The molecule has 1 aliphatic heterocycles. The number of nitrogens with zero attached hydrogens (tertiary/aromatic N) is 2. The number of likely N-dealkylation sites (N-methyl/N-ethyl adjacent to an activating group) is 1. The van der Waals surface area contributed by atoms with E-state index in [1.165, 1.54) is 0 Å². The van der Waals surface area contributed by atoms with Gasteiger partial charge in [-0.05, 0) is 18.2 Å². The maximum atomic E-state index is 12.6. The van der Waals surface area contributed by atoms with Crippen LogP contribution in [0.1, 0.15) is 10.4 Å². The van der Waals surface area contributed by atoms with Gasteiger partial charge < -0.3 is 20.4 Å². The molecule has 6 nitrogen and oxygen atoms in total. The van der Waals surface area contributed by atoms with Crippen molar-refractivity contribution in [3.05, 3.63) is 29.8 Å². The Kier molecular flexibility index (Phi) is 4.80. The number of amides is 2. The Morgan fingerprint density at radius 1 is 1.38 bits per heavy atom. The third-order valence-corrected chi connectivity index (χ3v) is 3.64. The quantitative estimate of drug-likeness (QED) is 0.817. The molecule has 114 valence electrons. The van der Waals surface area contributed by atoms with Crippen LogP contribution in [0.25, 0.3) is 0 Å². The van der Waals surface area contributed by atoms with Crippen LogP contribution in [0.5, 0.6) is 0 Å². The van der Waals surface area contributed by atoms with Crippen LogP contribution in [-0.2, 0) is 4.79 Å². The molecule has 1 aliphatic rings. The lowest BCUT2D eigenvalue weighted by molar-refractivity contribution is -0.123. The Bertz CT molecular complexity index is 530. The van der Waals surface area contributed by atoms with Crippen LogP contribution in [-0.4, -0.2) is 63.5 Å². The predicted molar refractivity (Wildman–Crippen MR) is 82.5 cm³/mol. The van der Waals surface area contributed by atoms with Crippen molar-refractivity contribution in [2.45, 2.75) is 6.04 Å². The van der Waals surface area contributed by atoms with Crippen LogP contribution in [0.4, 0.5) is 5.69 Å². The number of hydrogen-bond donors (Lipinski definition) is 2. The van der Waals surface area contributed by atoms with Gasteiger partial charge >= 0.3 is 0 Å². The van der Waals surface area contributed by atoms with E-state index in [9.17, 15) is 9.59 Å². The minimum atomic E-state index is -0.343. The van der Waals surface area contributed by atoms with Crippen LogP contribution in [0.15, 0.2) is 24.3 Å². The molecule has 1 aromatic carbocycles. The van der Waals surface area contributed by atoms with Crippen LogP contribution in [0, 0.1) is 0 Å². The van der Waals surface area contributed by atoms with E-state index < -0.39 is 0 Å². The zero-order valence-corrected chi connectivity index (χ0v) is 12.7. The highest BCUT2D eigenvalue weighted by atomic mass is 16.2. The van der Waals surface area contributed by atoms with Gasteiger partial charge in [0.05, 0.1) is 0 Å². The molecule has 6 heteroatoms. The summed E-state index contributed by atoms with van der Waals surface area (Å²) in [5.74, 6) is -0.122. The second-order valence-corrected chi connectivity index (χ2v) is 5.32. The Morgan fingerprint density at radius 3 is 2.81 bits per heavy atom. The summed E-state index contributed by atoms with van der Waals surface area (Å²) in [6.45, 7) is 1.63. The summed E-state index contributed by atoms with van der Waals surface area (Å²) in [4.78, 5) is 28.0. The average Bonchev–Trinajstić information content (AvgIpc) is 2.53. The number of carbonyl (C=O) groups excluding carboxylic acids is 2. The Morgan fingerprint density at radius 2 is 2.14 bits per heavy atom. The largest absolute Gasteiger partial charge is 0.378 e. The summed E-state index contributed by atoms with van der Waals surface area (Å²) in [5.41, 5.74) is 1.64. The third kappa shape index (κ3) is 3.52. The topological polar surface area (TPSA) is 64.7 Å². The summed E-state index contributed by atoms with van der Waals surface area (Å²) in [5, 5.41) is 5.73. The molecule has 1 fully saturated rings. The lowest BCUT2D eigenvalue weighted by Crippen LogP contribution is -2.57. The van der Waals surface area contributed by atoms with E-state index in [4.69, 9.17) is 0 Å². The highest BCUT2D eigenvalue weighted by molar-refractivity contribution is 5.95. The summed E-state index contributed by atoms with van der Waals surface area (Å²) < 4.78 is 0. The summed E-state index contributed by atoms with van der Waals surface area (Å²) >= 11 is 0. The lowest BCUT2D eigenvalue weighted by atomic mass is 10.1. The van der Waals surface area contributed by atoms with Gasteiger partial charge in [0.2, 0.25) is 5.91 Å². The highest BCUT2D eigenvalue weighted by Gasteiger charge is 2.27. The molecule has 2 N–H and O–H groups in total. The fraction of sp³-hybridized carbons (Fsp3) is 0.467. The molecule has 2 rings (SSSR count). The van der Waals surface area contributed by atoms with Crippen LogP contribution in [0.3, 0.4) is 0 Å². The first-order valence-electron chi connectivity index (χ1n) is 7.04. The Hall–Kier alpha value is -2.08. The molecule has 1 saturated heterocycles. The number of piperazine rings is 1. The first kappa shape index (κ1) is 15.3. The van der Waals surface area contributed by atoms with E-state index in [1.54, 1.807) is 11.9 Å². The van der Waals surface area contributed by atoms with Crippen LogP contribution >= 0.6 is 0 Å². The SMILES string of the molecule is CNC(=O)[C@H]1CN(C(=O)c2cccc(N(C)C)c2)CCN1. The van der Waals surface area contributed by atoms with Gasteiger partial charge in [-0.1, -0.05) is 6.07 Å². The van der Waals surface area contributed by atoms with Crippen molar-refractivity contribution in [2.24, 2.45) is 0 Å². The number of rotatable bonds is 3.